The van der Waals surface area contributed by atoms with Crippen LogP contribution in [0.1, 0.15) is 18.1 Å². The number of methoxy groups -OCH3 is 1. The van der Waals surface area contributed by atoms with Gasteiger partial charge < -0.3 is 20.1 Å². The molecule has 0 aliphatic carbocycles. The quantitative estimate of drug-likeness (QED) is 0.526. The minimum atomic E-state index is -0.367. The molecule has 2 rings (SSSR count). The van der Waals surface area contributed by atoms with Gasteiger partial charge in [-0.25, -0.2) is 4.79 Å². The van der Waals surface area contributed by atoms with E-state index in [2.05, 4.69) is 10.6 Å². The Morgan fingerprint density at radius 1 is 1.04 bits per heavy atom. The van der Waals surface area contributed by atoms with Gasteiger partial charge in [-0.05, 0) is 48.4 Å². The molecule has 0 saturated carbocycles. The zero-order valence-electron chi connectivity index (χ0n) is 15.5. The summed E-state index contributed by atoms with van der Waals surface area (Å²) in [4.78, 5) is 23.2. The summed E-state index contributed by atoms with van der Waals surface area (Å²) in [5.41, 5.74) is 2.70. The van der Waals surface area contributed by atoms with E-state index in [4.69, 9.17) is 9.47 Å². The zero-order valence-corrected chi connectivity index (χ0v) is 15.5. The minimum absolute atomic E-state index is 0.0999. The fraction of sp³-hybridized carbons (Fsp3) is 0.238. The third-order valence-electron chi connectivity index (χ3n) is 3.71. The van der Waals surface area contributed by atoms with E-state index in [1.807, 2.05) is 48.5 Å². The van der Waals surface area contributed by atoms with E-state index in [1.54, 1.807) is 20.1 Å². The molecule has 0 radical (unpaired) electrons. The van der Waals surface area contributed by atoms with Crippen LogP contribution >= 0.6 is 0 Å². The van der Waals surface area contributed by atoms with Gasteiger partial charge in [-0.1, -0.05) is 24.3 Å². The Bertz CT molecular complexity index is 768. The molecule has 2 aromatic rings. The highest BCUT2D eigenvalue weighted by molar-refractivity contribution is 5.87. The lowest BCUT2D eigenvalue weighted by Crippen LogP contribution is -2.29. The molecule has 1 amide bonds. The molecule has 0 atom stereocenters. The third-order valence-corrected chi connectivity index (χ3v) is 3.71. The van der Waals surface area contributed by atoms with Crippen LogP contribution in [-0.4, -0.2) is 32.1 Å². The Morgan fingerprint density at radius 2 is 1.74 bits per heavy atom. The van der Waals surface area contributed by atoms with Crippen LogP contribution in [0.5, 0.6) is 5.75 Å². The summed E-state index contributed by atoms with van der Waals surface area (Å²) in [6.45, 7) is 2.75. The normalized spacial score (nSPS) is 10.4. The lowest BCUT2D eigenvalue weighted by atomic mass is 10.2. The van der Waals surface area contributed by atoms with Gasteiger partial charge in [0.15, 0.2) is 0 Å². The number of hydrogen-bond donors (Lipinski definition) is 2. The fourth-order valence-electron chi connectivity index (χ4n) is 2.26. The second-order valence-electron chi connectivity index (χ2n) is 5.69. The summed E-state index contributed by atoms with van der Waals surface area (Å²) in [5, 5.41) is 5.92. The minimum Gasteiger partial charge on any atom is -0.497 e. The van der Waals surface area contributed by atoms with Crippen molar-refractivity contribution >= 4 is 23.6 Å². The molecule has 6 heteroatoms. The topological polar surface area (TPSA) is 76.7 Å². The number of esters is 1. The molecule has 0 heterocycles. The molecule has 0 aliphatic rings. The number of anilines is 1. The molecule has 2 N–H and O–H groups in total. The highest BCUT2D eigenvalue weighted by atomic mass is 16.5. The number of nitrogens with one attached hydrogen (secondary N) is 2. The average molecular weight is 368 g/mol. The van der Waals surface area contributed by atoms with Gasteiger partial charge in [0.2, 0.25) is 5.91 Å². The Kier molecular flexibility index (Phi) is 7.91. The van der Waals surface area contributed by atoms with Crippen LogP contribution in [-0.2, 0) is 20.9 Å². The van der Waals surface area contributed by atoms with Crippen molar-refractivity contribution in [3.05, 3.63) is 65.7 Å². The molecule has 0 unspecified atom stereocenters. The van der Waals surface area contributed by atoms with Gasteiger partial charge in [0, 0.05) is 18.3 Å². The molecule has 0 saturated heterocycles. The summed E-state index contributed by atoms with van der Waals surface area (Å²) >= 11 is 0. The second kappa shape index (κ2) is 10.7. The standard InChI is InChI=1S/C21H24N2O4/c1-3-27-21(25)13-8-16-4-9-18(10-5-16)22-15-20(24)23-14-17-6-11-19(26-2)12-7-17/h4-13,22H,3,14-15H2,1-2H3,(H,23,24)/b13-8+. The highest BCUT2D eigenvalue weighted by Gasteiger charge is 2.02. The smallest absolute Gasteiger partial charge is 0.330 e. The van der Waals surface area contributed by atoms with E-state index in [-0.39, 0.29) is 18.4 Å². The van der Waals surface area contributed by atoms with Crippen molar-refractivity contribution in [2.45, 2.75) is 13.5 Å². The van der Waals surface area contributed by atoms with E-state index in [0.717, 1.165) is 22.6 Å². The van der Waals surface area contributed by atoms with E-state index in [1.165, 1.54) is 6.08 Å². The number of amides is 1. The van der Waals surface area contributed by atoms with Crippen molar-refractivity contribution in [1.29, 1.82) is 0 Å². The van der Waals surface area contributed by atoms with Crippen LogP contribution < -0.4 is 15.4 Å². The number of carbonyl (C=O) groups excluding carboxylic acids is 2. The summed E-state index contributed by atoms with van der Waals surface area (Å²) in [5.74, 6) is 0.317. The molecular formula is C21H24N2O4. The molecule has 0 spiro atoms. The van der Waals surface area contributed by atoms with Crippen molar-refractivity contribution in [2.24, 2.45) is 0 Å². The summed E-state index contributed by atoms with van der Waals surface area (Å²) in [6, 6.07) is 14.9. The van der Waals surface area contributed by atoms with Gasteiger partial charge in [0.05, 0.1) is 20.3 Å². The van der Waals surface area contributed by atoms with Crippen LogP contribution in [0.3, 0.4) is 0 Å². The van der Waals surface area contributed by atoms with Crippen LogP contribution in [0, 0.1) is 0 Å². The monoisotopic (exact) mass is 368 g/mol. The first-order valence-electron chi connectivity index (χ1n) is 8.69. The maximum Gasteiger partial charge on any atom is 0.330 e. The van der Waals surface area contributed by atoms with Gasteiger partial charge in [-0.3, -0.25) is 4.79 Å². The van der Waals surface area contributed by atoms with Crippen LogP contribution in [0.15, 0.2) is 54.6 Å². The molecule has 0 bridgehead atoms. The van der Waals surface area contributed by atoms with Gasteiger partial charge in [0.1, 0.15) is 5.75 Å². The van der Waals surface area contributed by atoms with E-state index < -0.39 is 0 Å². The van der Waals surface area contributed by atoms with Crippen LogP contribution in [0.25, 0.3) is 6.08 Å². The molecule has 27 heavy (non-hydrogen) atoms. The van der Waals surface area contributed by atoms with Gasteiger partial charge in [0.25, 0.3) is 0 Å². The van der Waals surface area contributed by atoms with Crippen LogP contribution in [0.4, 0.5) is 5.69 Å². The number of ether oxygens (including phenoxy) is 2. The Labute approximate surface area is 159 Å². The number of rotatable bonds is 9. The predicted molar refractivity (Wildman–Crippen MR) is 105 cm³/mol. The lowest BCUT2D eigenvalue weighted by Gasteiger charge is -2.08. The Hall–Kier alpha value is -3.28. The number of carbonyl (C=O) groups is 2. The molecule has 6 nitrogen and oxygen atoms in total. The van der Waals surface area contributed by atoms with Crippen molar-refractivity contribution in [3.8, 4) is 5.75 Å². The number of benzene rings is 2. The van der Waals surface area contributed by atoms with Gasteiger partial charge in [-0.2, -0.15) is 0 Å². The SMILES string of the molecule is CCOC(=O)/C=C/c1ccc(NCC(=O)NCc2ccc(OC)cc2)cc1. The van der Waals surface area contributed by atoms with Crippen molar-refractivity contribution in [2.75, 3.05) is 25.6 Å². The predicted octanol–water partition coefficient (Wildman–Crippen LogP) is 3.00. The maximum absolute atomic E-state index is 12.0. The van der Waals surface area contributed by atoms with Crippen molar-refractivity contribution in [1.82, 2.24) is 5.32 Å². The molecule has 0 aliphatic heterocycles. The summed E-state index contributed by atoms with van der Waals surface area (Å²) in [7, 11) is 1.62. The molecule has 2 aromatic carbocycles. The summed E-state index contributed by atoms with van der Waals surface area (Å²) < 4.78 is 9.93. The second-order valence-corrected chi connectivity index (χ2v) is 5.69. The van der Waals surface area contributed by atoms with E-state index in [9.17, 15) is 9.59 Å². The first-order chi connectivity index (χ1) is 13.1. The summed E-state index contributed by atoms with van der Waals surface area (Å²) in [6.07, 6.45) is 3.07. The Balaban J connectivity index is 1.75. The molecule has 0 fully saturated rings. The Morgan fingerprint density at radius 3 is 2.37 bits per heavy atom. The highest BCUT2D eigenvalue weighted by Crippen LogP contribution is 2.12. The average Bonchev–Trinajstić information content (AvgIpc) is 2.70. The van der Waals surface area contributed by atoms with Crippen molar-refractivity contribution < 1.29 is 19.1 Å². The fourth-order valence-corrected chi connectivity index (χ4v) is 2.26. The molecule has 142 valence electrons. The molecular weight excluding hydrogens is 344 g/mol. The van der Waals surface area contributed by atoms with Crippen molar-refractivity contribution in [3.63, 3.8) is 0 Å². The number of hydrogen-bond acceptors (Lipinski definition) is 5. The van der Waals surface area contributed by atoms with E-state index >= 15 is 0 Å². The first kappa shape index (κ1) is 20.0. The zero-order chi connectivity index (χ0) is 19.5. The maximum atomic E-state index is 12.0. The third kappa shape index (κ3) is 7.23. The first-order valence-corrected chi connectivity index (χ1v) is 8.69. The molecule has 0 aromatic heterocycles. The largest absolute Gasteiger partial charge is 0.497 e. The lowest BCUT2D eigenvalue weighted by molar-refractivity contribution is -0.137. The van der Waals surface area contributed by atoms with Crippen LogP contribution in [0.2, 0.25) is 0 Å². The van der Waals surface area contributed by atoms with E-state index in [0.29, 0.717) is 13.2 Å². The van der Waals surface area contributed by atoms with Gasteiger partial charge in [-0.15, -0.1) is 0 Å². The van der Waals surface area contributed by atoms with Gasteiger partial charge >= 0.3 is 5.97 Å².